The second-order valence-corrected chi connectivity index (χ2v) is 9.50. The van der Waals surface area contributed by atoms with E-state index in [0.717, 1.165) is 4.70 Å². The molecule has 0 radical (unpaired) electrons. The number of hydrogen-bond donors (Lipinski definition) is 0. The van der Waals surface area contributed by atoms with E-state index in [1.807, 2.05) is 30.3 Å². The summed E-state index contributed by atoms with van der Waals surface area (Å²) >= 11 is 1.36. The number of ether oxygens (including phenoxy) is 4. The summed E-state index contributed by atoms with van der Waals surface area (Å²) in [5.41, 5.74) is 1.96. The third-order valence-electron chi connectivity index (χ3n) is 5.95. The molecule has 5 rings (SSSR count). The summed E-state index contributed by atoms with van der Waals surface area (Å²) in [5, 5.41) is 0. The van der Waals surface area contributed by atoms with Crippen LogP contribution in [0, 0.1) is 0 Å². The summed E-state index contributed by atoms with van der Waals surface area (Å²) in [6.07, 6.45) is -1.40. The van der Waals surface area contributed by atoms with Crippen LogP contribution in [0.5, 0.6) is 17.2 Å². The van der Waals surface area contributed by atoms with Gasteiger partial charge in [-0.25, -0.2) is 4.98 Å². The molecule has 0 fully saturated rings. The van der Waals surface area contributed by atoms with Crippen molar-refractivity contribution in [2.75, 3.05) is 27.4 Å². The molecule has 0 unspecified atom stereocenters. The van der Waals surface area contributed by atoms with Crippen LogP contribution in [0.15, 0.2) is 71.5 Å². The Hall–Kier alpha value is -4.35. The first-order valence-electron chi connectivity index (χ1n) is 12.1. The first kappa shape index (κ1) is 27.2. The van der Waals surface area contributed by atoms with Gasteiger partial charge in [0.2, 0.25) is 0 Å². The van der Waals surface area contributed by atoms with Crippen LogP contribution in [0.4, 0.5) is 13.2 Å². The highest BCUT2D eigenvalue weighted by molar-refractivity contribution is 7.23. The number of para-hydroxylation sites is 2. The van der Waals surface area contributed by atoms with Gasteiger partial charge < -0.3 is 18.9 Å². The molecule has 0 N–H and O–H groups in total. The predicted octanol–water partition coefficient (Wildman–Crippen LogP) is 6.68. The average Bonchev–Trinajstić information content (AvgIpc) is 3.31. The van der Waals surface area contributed by atoms with E-state index in [1.54, 1.807) is 31.4 Å². The Bertz CT molecular complexity index is 1740. The van der Waals surface area contributed by atoms with Crippen molar-refractivity contribution in [3.05, 3.63) is 88.3 Å². The lowest BCUT2D eigenvalue weighted by molar-refractivity contribution is -0.274. The summed E-state index contributed by atoms with van der Waals surface area (Å²) in [6, 6.07) is 18.0. The number of hydrogen-bond acceptors (Lipinski definition) is 7. The molecule has 0 aliphatic rings. The SMILES string of the molecule is COCCOc1c(C=Cc2nc3sc4ccccc4n3c(=O)c2-c2ccc(OC(F)(F)F)cc2)cccc1OC. The Balaban J connectivity index is 1.66. The monoisotopic (exact) mass is 568 g/mol. The number of nitrogens with zero attached hydrogens (tertiary/aromatic N) is 2. The number of aromatic nitrogens is 2. The summed E-state index contributed by atoms with van der Waals surface area (Å²) in [4.78, 5) is 19.2. The van der Waals surface area contributed by atoms with Crippen molar-refractivity contribution in [1.29, 1.82) is 0 Å². The number of alkyl halides is 3. The van der Waals surface area contributed by atoms with Gasteiger partial charge in [0.25, 0.3) is 5.56 Å². The number of methoxy groups -OCH3 is 2. The fraction of sp³-hybridized carbons (Fsp3) is 0.172. The standard InChI is InChI=1S/C29H23F3N2O5S/c1-36-16-17-38-26-19(6-5-8-23(26)37-2)12-15-21-25(18-10-13-20(14-11-18)39-29(30,31)32)27(35)34-22-7-3-4-9-24(22)40-28(34)33-21/h3-15H,16-17H2,1-2H3. The van der Waals surface area contributed by atoms with Crippen molar-refractivity contribution in [2.45, 2.75) is 6.36 Å². The van der Waals surface area contributed by atoms with Crippen LogP contribution in [-0.2, 0) is 4.74 Å². The van der Waals surface area contributed by atoms with Crippen molar-refractivity contribution in [3.8, 4) is 28.4 Å². The summed E-state index contributed by atoms with van der Waals surface area (Å²) in [5.74, 6) is 0.623. The van der Waals surface area contributed by atoms with E-state index in [0.29, 0.717) is 52.0 Å². The fourth-order valence-electron chi connectivity index (χ4n) is 4.21. The van der Waals surface area contributed by atoms with E-state index in [2.05, 4.69) is 4.74 Å². The molecule has 7 nitrogen and oxygen atoms in total. The highest BCUT2D eigenvalue weighted by atomic mass is 32.1. The highest BCUT2D eigenvalue weighted by Crippen LogP contribution is 2.34. The van der Waals surface area contributed by atoms with Crippen molar-refractivity contribution < 1.29 is 32.1 Å². The third kappa shape index (κ3) is 5.65. The zero-order chi connectivity index (χ0) is 28.3. The lowest BCUT2D eigenvalue weighted by atomic mass is 10.0. The zero-order valence-electron chi connectivity index (χ0n) is 21.4. The first-order valence-corrected chi connectivity index (χ1v) is 12.9. The fourth-order valence-corrected chi connectivity index (χ4v) is 5.24. The second-order valence-electron chi connectivity index (χ2n) is 8.49. The van der Waals surface area contributed by atoms with Crippen molar-refractivity contribution in [1.82, 2.24) is 9.38 Å². The zero-order valence-corrected chi connectivity index (χ0v) is 22.2. The van der Waals surface area contributed by atoms with Gasteiger partial charge in [0, 0.05) is 12.7 Å². The van der Waals surface area contributed by atoms with Gasteiger partial charge >= 0.3 is 6.36 Å². The minimum absolute atomic E-state index is 0.223. The maximum Gasteiger partial charge on any atom is 0.573 e. The molecule has 0 atom stereocenters. The van der Waals surface area contributed by atoms with E-state index >= 15 is 0 Å². The molecule has 2 aromatic heterocycles. The molecule has 0 aliphatic carbocycles. The van der Waals surface area contributed by atoms with Crippen molar-refractivity contribution in [3.63, 3.8) is 0 Å². The summed E-state index contributed by atoms with van der Waals surface area (Å²) < 4.78 is 60.9. The van der Waals surface area contributed by atoms with Crippen LogP contribution in [0.2, 0.25) is 0 Å². The Morgan fingerprint density at radius 1 is 0.950 bits per heavy atom. The molecule has 2 heterocycles. The molecule has 3 aromatic carbocycles. The molecule has 0 saturated heterocycles. The van der Waals surface area contributed by atoms with Crippen LogP contribution in [0.25, 0.3) is 38.5 Å². The molecule has 0 bridgehead atoms. The Kier molecular flexibility index (Phi) is 7.76. The number of rotatable bonds is 9. The predicted molar refractivity (Wildman–Crippen MR) is 148 cm³/mol. The Morgan fingerprint density at radius 2 is 1.73 bits per heavy atom. The third-order valence-corrected chi connectivity index (χ3v) is 6.97. The number of halogens is 3. The molecule has 0 saturated carbocycles. The van der Waals surface area contributed by atoms with Crippen molar-refractivity contribution in [2.24, 2.45) is 0 Å². The molecule has 0 spiro atoms. The molecular weight excluding hydrogens is 545 g/mol. The van der Waals surface area contributed by atoms with Crippen LogP contribution < -0.4 is 19.8 Å². The Morgan fingerprint density at radius 3 is 2.45 bits per heavy atom. The topological polar surface area (TPSA) is 71.3 Å². The van der Waals surface area contributed by atoms with Gasteiger partial charge in [-0.3, -0.25) is 9.20 Å². The lowest BCUT2D eigenvalue weighted by Gasteiger charge is -2.13. The van der Waals surface area contributed by atoms with E-state index in [-0.39, 0.29) is 11.1 Å². The van der Waals surface area contributed by atoms with E-state index in [4.69, 9.17) is 19.2 Å². The minimum Gasteiger partial charge on any atom is -0.493 e. The molecular formula is C29H23F3N2O5S. The van der Waals surface area contributed by atoms with E-state index in [9.17, 15) is 18.0 Å². The van der Waals surface area contributed by atoms with Gasteiger partial charge in [-0.15, -0.1) is 13.2 Å². The molecule has 0 amide bonds. The van der Waals surface area contributed by atoms with Gasteiger partial charge in [-0.05, 0) is 48.0 Å². The summed E-state index contributed by atoms with van der Waals surface area (Å²) in [7, 11) is 3.11. The summed E-state index contributed by atoms with van der Waals surface area (Å²) in [6.45, 7) is 0.670. The van der Waals surface area contributed by atoms with Crippen LogP contribution >= 0.6 is 11.3 Å². The smallest absolute Gasteiger partial charge is 0.493 e. The lowest BCUT2D eigenvalue weighted by Crippen LogP contribution is -2.18. The largest absolute Gasteiger partial charge is 0.573 e. The van der Waals surface area contributed by atoms with Gasteiger partial charge in [0.05, 0.1) is 35.2 Å². The number of thiazole rings is 1. The minimum atomic E-state index is -4.83. The molecule has 206 valence electrons. The number of benzene rings is 3. The van der Waals surface area contributed by atoms with E-state index < -0.39 is 12.1 Å². The normalized spacial score (nSPS) is 11.9. The van der Waals surface area contributed by atoms with Gasteiger partial charge in [-0.1, -0.05) is 47.7 Å². The highest BCUT2D eigenvalue weighted by Gasteiger charge is 2.31. The van der Waals surface area contributed by atoms with E-state index in [1.165, 1.54) is 47.1 Å². The Labute approximate surface area is 230 Å². The molecule has 0 aliphatic heterocycles. The average molecular weight is 569 g/mol. The van der Waals surface area contributed by atoms with Crippen LogP contribution in [0.3, 0.4) is 0 Å². The maximum absolute atomic E-state index is 13.9. The maximum atomic E-state index is 13.9. The first-order chi connectivity index (χ1) is 19.3. The molecule has 40 heavy (non-hydrogen) atoms. The van der Waals surface area contributed by atoms with Gasteiger partial charge in [-0.2, -0.15) is 0 Å². The van der Waals surface area contributed by atoms with Gasteiger partial charge in [0.1, 0.15) is 12.4 Å². The second kappa shape index (κ2) is 11.4. The quantitative estimate of drug-likeness (QED) is 0.185. The molecule has 5 aromatic rings. The number of fused-ring (bicyclic) bond motifs is 3. The van der Waals surface area contributed by atoms with Crippen molar-refractivity contribution >= 4 is 38.7 Å². The van der Waals surface area contributed by atoms with Crippen LogP contribution in [-0.4, -0.2) is 43.2 Å². The van der Waals surface area contributed by atoms with Crippen LogP contribution in [0.1, 0.15) is 11.3 Å². The van der Waals surface area contributed by atoms with Gasteiger partial charge in [0.15, 0.2) is 16.5 Å². The molecule has 11 heteroatoms.